The standard InChI is InChI=1S/C16H18O3/c1-3-10-7-12(9-15(18)13(10)4-2)11-5-6-14(17)16(19)8-11/h5-9,17-19H,3-4H2,1-2H3. The topological polar surface area (TPSA) is 60.7 Å². The number of aromatic hydroxyl groups is 3. The fourth-order valence-corrected chi connectivity index (χ4v) is 2.31. The van der Waals surface area contributed by atoms with Crippen molar-refractivity contribution in [3.8, 4) is 28.4 Å². The van der Waals surface area contributed by atoms with E-state index in [0.29, 0.717) is 0 Å². The molecular weight excluding hydrogens is 240 g/mol. The summed E-state index contributed by atoms with van der Waals surface area (Å²) >= 11 is 0. The molecule has 19 heavy (non-hydrogen) atoms. The van der Waals surface area contributed by atoms with Crippen LogP contribution in [0.1, 0.15) is 25.0 Å². The lowest BCUT2D eigenvalue weighted by Crippen LogP contribution is -1.93. The molecule has 0 heterocycles. The summed E-state index contributed by atoms with van der Waals surface area (Å²) in [5, 5.41) is 29.0. The molecule has 0 aromatic heterocycles. The van der Waals surface area contributed by atoms with Gasteiger partial charge in [0.05, 0.1) is 0 Å². The van der Waals surface area contributed by atoms with Crippen molar-refractivity contribution >= 4 is 0 Å². The van der Waals surface area contributed by atoms with Gasteiger partial charge in [-0.2, -0.15) is 0 Å². The third-order valence-corrected chi connectivity index (χ3v) is 3.36. The zero-order valence-corrected chi connectivity index (χ0v) is 11.1. The summed E-state index contributed by atoms with van der Waals surface area (Å²) in [5.41, 5.74) is 3.67. The molecular formula is C16H18O3. The number of rotatable bonds is 3. The molecule has 0 radical (unpaired) electrons. The van der Waals surface area contributed by atoms with Gasteiger partial charge >= 0.3 is 0 Å². The van der Waals surface area contributed by atoms with E-state index in [1.54, 1.807) is 12.1 Å². The Labute approximate surface area is 112 Å². The summed E-state index contributed by atoms with van der Waals surface area (Å²) in [6.07, 6.45) is 1.63. The molecule has 3 nitrogen and oxygen atoms in total. The Hall–Kier alpha value is -2.16. The second kappa shape index (κ2) is 5.22. The third-order valence-electron chi connectivity index (χ3n) is 3.36. The molecule has 0 bridgehead atoms. The van der Waals surface area contributed by atoms with Gasteiger partial charge in [-0.1, -0.05) is 26.0 Å². The van der Waals surface area contributed by atoms with Crippen LogP contribution in [0.2, 0.25) is 0 Å². The average molecular weight is 258 g/mol. The Morgan fingerprint density at radius 3 is 2.00 bits per heavy atom. The summed E-state index contributed by atoms with van der Waals surface area (Å²) in [7, 11) is 0. The quantitative estimate of drug-likeness (QED) is 0.737. The summed E-state index contributed by atoms with van der Waals surface area (Å²) in [5.74, 6) is -0.0205. The SMILES string of the molecule is CCc1cc(-c2ccc(O)c(O)c2)cc(O)c1CC. The van der Waals surface area contributed by atoms with E-state index >= 15 is 0 Å². The number of phenolic OH excluding ortho intramolecular Hbond substituents is 3. The summed E-state index contributed by atoms with van der Waals surface area (Å²) in [4.78, 5) is 0. The molecule has 0 atom stereocenters. The lowest BCUT2D eigenvalue weighted by atomic mass is 9.95. The van der Waals surface area contributed by atoms with E-state index in [4.69, 9.17) is 0 Å². The van der Waals surface area contributed by atoms with Crippen LogP contribution in [0.4, 0.5) is 0 Å². The van der Waals surface area contributed by atoms with Gasteiger partial charge in [-0.25, -0.2) is 0 Å². The van der Waals surface area contributed by atoms with E-state index in [0.717, 1.165) is 35.1 Å². The smallest absolute Gasteiger partial charge is 0.158 e. The van der Waals surface area contributed by atoms with E-state index in [9.17, 15) is 15.3 Å². The molecule has 0 saturated heterocycles. The van der Waals surface area contributed by atoms with E-state index < -0.39 is 0 Å². The summed E-state index contributed by atoms with van der Waals surface area (Å²) in [6, 6.07) is 8.37. The molecule has 0 aliphatic heterocycles. The number of hydrogen-bond donors (Lipinski definition) is 3. The fraction of sp³-hybridized carbons (Fsp3) is 0.250. The molecule has 3 N–H and O–H groups in total. The van der Waals surface area contributed by atoms with Gasteiger partial charge in [-0.05, 0) is 53.3 Å². The van der Waals surface area contributed by atoms with Crippen LogP contribution in [0.25, 0.3) is 11.1 Å². The highest BCUT2D eigenvalue weighted by Crippen LogP contribution is 2.34. The number of hydrogen-bond acceptors (Lipinski definition) is 3. The van der Waals surface area contributed by atoms with Crippen LogP contribution in [-0.2, 0) is 12.8 Å². The van der Waals surface area contributed by atoms with E-state index in [2.05, 4.69) is 0 Å². The maximum absolute atomic E-state index is 10.1. The van der Waals surface area contributed by atoms with Gasteiger partial charge in [0.15, 0.2) is 11.5 Å². The predicted octanol–water partition coefficient (Wildman–Crippen LogP) is 3.60. The lowest BCUT2D eigenvalue weighted by molar-refractivity contribution is 0.404. The van der Waals surface area contributed by atoms with E-state index in [1.165, 1.54) is 12.1 Å². The molecule has 2 aromatic rings. The average Bonchev–Trinajstić information content (AvgIpc) is 2.40. The fourth-order valence-electron chi connectivity index (χ4n) is 2.31. The normalized spacial score (nSPS) is 10.6. The molecule has 0 spiro atoms. The second-order valence-electron chi connectivity index (χ2n) is 4.54. The van der Waals surface area contributed by atoms with E-state index in [1.807, 2.05) is 19.9 Å². The van der Waals surface area contributed by atoms with Crippen molar-refractivity contribution in [2.45, 2.75) is 26.7 Å². The van der Waals surface area contributed by atoms with Crippen molar-refractivity contribution in [2.24, 2.45) is 0 Å². The Bertz CT molecular complexity index is 603. The Balaban J connectivity index is 2.56. The van der Waals surface area contributed by atoms with E-state index in [-0.39, 0.29) is 17.2 Å². The van der Waals surface area contributed by atoms with Crippen molar-refractivity contribution in [1.82, 2.24) is 0 Å². The number of aryl methyl sites for hydroxylation is 1. The molecule has 0 unspecified atom stereocenters. The van der Waals surface area contributed by atoms with Gasteiger partial charge in [0.2, 0.25) is 0 Å². The number of phenols is 3. The molecule has 2 rings (SSSR count). The molecule has 100 valence electrons. The van der Waals surface area contributed by atoms with Gasteiger partial charge in [-0.3, -0.25) is 0 Å². The summed E-state index contributed by atoms with van der Waals surface area (Å²) in [6.45, 7) is 4.06. The first-order valence-electron chi connectivity index (χ1n) is 6.43. The highest BCUT2D eigenvalue weighted by atomic mass is 16.3. The molecule has 0 fully saturated rings. The Morgan fingerprint density at radius 1 is 0.737 bits per heavy atom. The van der Waals surface area contributed by atoms with Gasteiger partial charge in [0, 0.05) is 0 Å². The first-order chi connectivity index (χ1) is 9.06. The minimum atomic E-state index is -0.158. The first-order valence-corrected chi connectivity index (χ1v) is 6.43. The van der Waals surface area contributed by atoms with Crippen LogP contribution in [0.15, 0.2) is 30.3 Å². The highest BCUT2D eigenvalue weighted by molar-refractivity contribution is 5.70. The molecule has 0 aliphatic carbocycles. The van der Waals surface area contributed by atoms with Crippen LogP contribution in [0, 0.1) is 0 Å². The monoisotopic (exact) mass is 258 g/mol. The maximum Gasteiger partial charge on any atom is 0.158 e. The van der Waals surface area contributed by atoms with Crippen molar-refractivity contribution in [3.05, 3.63) is 41.5 Å². The van der Waals surface area contributed by atoms with Crippen LogP contribution < -0.4 is 0 Å². The highest BCUT2D eigenvalue weighted by Gasteiger charge is 2.10. The van der Waals surface area contributed by atoms with Crippen molar-refractivity contribution in [1.29, 1.82) is 0 Å². The van der Waals surface area contributed by atoms with Gasteiger partial charge in [0.1, 0.15) is 5.75 Å². The molecule has 0 amide bonds. The predicted molar refractivity (Wildman–Crippen MR) is 75.6 cm³/mol. The van der Waals surface area contributed by atoms with Crippen molar-refractivity contribution in [2.75, 3.05) is 0 Å². The van der Waals surface area contributed by atoms with Gasteiger partial charge < -0.3 is 15.3 Å². The van der Waals surface area contributed by atoms with Crippen molar-refractivity contribution < 1.29 is 15.3 Å². The zero-order chi connectivity index (χ0) is 14.0. The Morgan fingerprint density at radius 2 is 1.42 bits per heavy atom. The minimum Gasteiger partial charge on any atom is -0.508 e. The number of benzene rings is 2. The first kappa shape index (κ1) is 13.3. The lowest BCUT2D eigenvalue weighted by Gasteiger charge is -2.12. The second-order valence-corrected chi connectivity index (χ2v) is 4.54. The zero-order valence-electron chi connectivity index (χ0n) is 11.1. The maximum atomic E-state index is 10.1. The summed E-state index contributed by atoms with van der Waals surface area (Å²) < 4.78 is 0. The van der Waals surface area contributed by atoms with Crippen LogP contribution in [0.5, 0.6) is 17.2 Å². The van der Waals surface area contributed by atoms with Crippen molar-refractivity contribution in [3.63, 3.8) is 0 Å². The van der Waals surface area contributed by atoms with Crippen LogP contribution >= 0.6 is 0 Å². The molecule has 0 aliphatic rings. The van der Waals surface area contributed by atoms with Gasteiger partial charge in [-0.15, -0.1) is 0 Å². The van der Waals surface area contributed by atoms with Gasteiger partial charge in [0.25, 0.3) is 0 Å². The minimum absolute atomic E-state index is 0.145. The van der Waals surface area contributed by atoms with Crippen LogP contribution in [-0.4, -0.2) is 15.3 Å². The van der Waals surface area contributed by atoms with Crippen LogP contribution in [0.3, 0.4) is 0 Å². The molecule has 2 aromatic carbocycles. The largest absolute Gasteiger partial charge is 0.508 e. The Kier molecular flexibility index (Phi) is 3.65. The molecule has 3 heteroatoms. The third kappa shape index (κ3) is 2.50. The molecule has 0 saturated carbocycles.